The normalized spacial score (nSPS) is 11.1. The smallest absolute Gasteiger partial charge is 0.260 e. The quantitative estimate of drug-likeness (QED) is 0.322. The van der Waals surface area contributed by atoms with Crippen molar-refractivity contribution in [3.8, 4) is 17.2 Å². The van der Waals surface area contributed by atoms with Crippen molar-refractivity contribution in [3.05, 3.63) is 60.7 Å². The molecule has 0 aliphatic rings. The van der Waals surface area contributed by atoms with E-state index in [0.29, 0.717) is 23.7 Å². The summed E-state index contributed by atoms with van der Waals surface area (Å²) in [4.78, 5) is 12.4. The molecule has 2 aromatic rings. The van der Waals surface area contributed by atoms with Gasteiger partial charge in [-0.2, -0.15) is 5.10 Å². The lowest BCUT2D eigenvalue weighted by atomic mass is 10.2. The third-order valence-electron chi connectivity index (χ3n) is 3.97. The number of benzene rings is 2. The monoisotopic (exact) mass is 447 g/mol. The van der Waals surface area contributed by atoms with E-state index in [4.69, 9.17) is 14.2 Å². The van der Waals surface area contributed by atoms with Crippen LogP contribution in [0.5, 0.6) is 17.2 Å². The number of amides is 1. The molecule has 2 aromatic carbocycles. The number of hydrazone groups is 1. The molecule has 0 aromatic heterocycles. The molecule has 0 saturated heterocycles. The Balaban J connectivity index is 2.14. The maximum atomic E-state index is 12.4. The zero-order chi connectivity index (χ0) is 22.9. The summed E-state index contributed by atoms with van der Waals surface area (Å²) < 4.78 is 41.4. The lowest BCUT2D eigenvalue weighted by Crippen LogP contribution is -2.39. The largest absolute Gasteiger partial charge is 0.497 e. The van der Waals surface area contributed by atoms with Crippen molar-refractivity contribution >= 4 is 27.8 Å². The Kier molecular flexibility index (Phi) is 8.44. The van der Waals surface area contributed by atoms with Crippen LogP contribution in [0.15, 0.2) is 60.2 Å². The third-order valence-corrected chi connectivity index (χ3v) is 5.10. The maximum Gasteiger partial charge on any atom is 0.260 e. The average molecular weight is 448 g/mol. The molecule has 9 nitrogen and oxygen atoms in total. The lowest BCUT2D eigenvalue weighted by Gasteiger charge is -2.23. The lowest BCUT2D eigenvalue weighted by molar-refractivity contribution is -0.119. The number of methoxy groups -OCH3 is 2. The van der Waals surface area contributed by atoms with Crippen LogP contribution in [-0.4, -0.2) is 54.2 Å². The van der Waals surface area contributed by atoms with Crippen molar-refractivity contribution < 1.29 is 27.4 Å². The van der Waals surface area contributed by atoms with Crippen LogP contribution in [0.25, 0.3) is 0 Å². The molecule has 2 rings (SSSR count). The molecule has 0 radical (unpaired) electrons. The van der Waals surface area contributed by atoms with Crippen LogP contribution in [0.3, 0.4) is 0 Å². The highest BCUT2D eigenvalue weighted by Crippen LogP contribution is 2.33. The molecule has 0 heterocycles. The van der Waals surface area contributed by atoms with E-state index < -0.39 is 22.5 Å². The first-order valence-corrected chi connectivity index (χ1v) is 11.0. The number of sulfonamides is 1. The van der Waals surface area contributed by atoms with Gasteiger partial charge in [0, 0.05) is 6.07 Å². The van der Waals surface area contributed by atoms with Gasteiger partial charge in [-0.3, -0.25) is 9.10 Å². The molecule has 0 fully saturated rings. The van der Waals surface area contributed by atoms with E-state index >= 15 is 0 Å². The Labute approximate surface area is 182 Å². The highest BCUT2D eigenvalue weighted by Gasteiger charge is 2.24. The van der Waals surface area contributed by atoms with Crippen LogP contribution in [-0.2, 0) is 14.8 Å². The number of nitrogens with zero attached hydrogens (tertiary/aromatic N) is 2. The topological polar surface area (TPSA) is 107 Å². The van der Waals surface area contributed by atoms with E-state index in [9.17, 15) is 13.2 Å². The Bertz CT molecular complexity index is 1050. The number of carbonyl (C=O) groups excluding carboxylic acids is 1. The van der Waals surface area contributed by atoms with Gasteiger partial charge < -0.3 is 14.2 Å². The molecule has 0 spiro atoms. The van der Waals surface area contributed by atoms with Gasteiger partial charge in [-0.25, -0.2) is 13.8 Å². The Morgan fingerprint density at radius 3 is 2.58 bits per heavy atom. The second-order valence-corrected chi connectivity index (χ2v) is 8.18. The summed E-state index contributed by atoms with van der Waals surface area (Å²) in [5.41, 5.74) is 3.19. The Morgan fingerprint density at radius 1 is 1.16 bits per heavy atom. The molecule has 0 unspecified atom stereocenters. The van der Waals surface area contributed by atoms with E-state index in [-0.39, 0.29) is 11.4 Å². The van der Waals surface area contributed by atoms with Crippen LogP contribution in [0.2, 0.25) is 0 Å². The molecular formula is C21H25N3O6S. The Morgan fingerprint density at radius 2 is 1.94 bits per heavy atom. The van der Waals surface area contributed by atoms with Crippen LogP contribution in [0, 0.1) is 0 Å². The van der Waals surface area contributed by atoms with E-state index in [1.807, 2.05) is 0 Å². The van der Waals surface area contributed by atoms with Crippen LogP contribution in [0.1, 0.15) is 5.56 Å². The summed E-state index contributed by atoms with van der Waals surface area (Å²) in [5, 5.41) is 3.89. The number of hydrogen-bond donors (Lipinski definition) is 1. The van der Waals surface area contributed by atoms with Crippen LogP contribution in [0.4, 0.5) is 5.69 Å². The second-order valence-electron chi connectivity index (χ2n) is 6.27. The molecule has 1 N–H and O–H groups in total. The molecule has 31 heavy (non-hydrogen) atoms. The number of anilines is 1. The van der Waals surface area contributed by atoms with E-state index in [1.54, 1.807) is 42.5 Å². The maximum absolute atomic E-state index is 12.4. The Hall–Kier alpha value is -3.53. The third kappa shape index (κ3) is 7.03. The van der Waals surface area contributed by atoms with Gasteiger partial charge >= 0.3 is 0 Å². The van der Waals surface area contributed by atoms with E-state index in [0.717, 1.165) is 10.6 Å². The van der Waals surface area contributed by atoms with Gasteiger partial charge in [0.15, 0.2) is 0 Å². The second kappa shape index (κ2) is 11.0. The highest BCUT2D eigenvalue weighted by atomic mass is 32.2. The summed E-state index contributed by atoms with van der Waals surface area (Å²) in [6.07, 6.45) is 4.05. The van der Waals surface area contributed by atoms with E-state index in [2.05, 4.69) is 17.1 Å². The average Bonchev–Trinajstić information content (AvgIpc) is 2.75. The first-order valence-electron chi connectivity index (χ1n) is 9.14. The minimum atomic E-state index is -3.80. The summed E-state index contributed by atoms with van der Waals surface area (Å²) in [6.45, 7) is 3.46. The summed E-state index contributed by atoms with van der Waals surface area (Å²) >= 11 is 0. The predicted octanol–water partition coefficient (Wildman–Crippen LogP) is 2.18. The van der Waals surface area contributed by atoms with Gasteiger partial charge in [0.1, 0.15) is 30.4 Å². The molecule has 1 amide bonds. The SMILES string of the molecule is C=CCOc1cccc(/C=N\NC(=O)CN(c2cc(OC)ccc2OC)S(C)(=O)=O)c1. The fraction of sp³-hybridized carbons (Fsp3) is 0.238. The van der Waals surface area contributed by atoms with Gasteiger partial charge in [-0.05, 0) is 29.8 Å². The molecule has 0 saturated carbocycles. The van der Waals surface area contributed by atoms with Gasteiger partial charge in [-0.1, -0.05) is 24.8 Å². The summed E-state index contributed by atoms with van der Waals surface area (Å²) in [7, 11) is -0.942. The molecule has 0 bridgehead atoms. The number of hydrogen-bond acceptors (Lipinski definition) is 7. The minimum absolute atomic E-state index is 0.176. The fourth-order valence-electron chi connectivity index (χ4n) is 2.56. The van der Waals surface area contributed by atoms with Crippen molar-refractivity contribution in [1.29, 1.82) is 0 Å². The van der Waals surface area contributed by atoms with Gasteiger partial charge in [0.05, 0.1) is 32.4 Å². The van der Waals surface area contributed by atoms with Crippen molar-refractivity contribution in [1.82, 2.24) is 5.43 Å². The van der Waals surface area contributed by atoms with Crippen molar-refractivity contribution in [3.63, 3.8) is 0 Å². The minimum Gasteiger partial charge on any atom is -0.497 e. The van der Waals surface area contributed by atoms with Crippen LogP contribution < -0.4 is 23.9 Å². The number of rotatable bonds is 11. The van der Waals surface area contributed by atoms with Gasteiger partial charge in [0.25, 0.3) is 5.91 Å². The first kappa shape index (κ1) is 23.7. The van der Waals surface area contributed by atoms with Gasteiger partial charge in [-0.15, -0.1) is 0 Å². The first-order chi connectivity index (χ1) is 14.8. The summed E-state index contributed by atoms with van der Waals surface area (Å²) in [5.74, 6) is 0.689. The number of carbonyl (C=O) groups is 1. The summed E-state index contributed by atoms with van der Waals surface area (Å²) in [6, 6.07) is 11.7. The number of ether oxygens (including phenoxy) is 3. The molecule has 0 aliphatic heterocycles. The zero-order valence-electron chi connectivity index (χ0n) is 17.6. The van der Waals surface area contributed by atoms with Crippen molar-refractivity contribution in [2.75, 3.05) is 37.9 Å². The standard InChI is InChI=1S/C21H25N3O6S/c1-5-11-30-18-8-6-7-16(12-18)14-22-23-21(25)15-24(31(4,26)27)19-13-17(28-2)9-10-20(19)29-3/h5-10,12-14H,1,11,15H2,2-4H3,(H,23,25)/b22-14-. The molecule has 166 valence electrons. The van der Waals surface area contributed by atoms with Gasteiger partial charge in [0.2, 0.25) is 10.0 Å². The van der Waals surface area contributed by atoms with Crippen LogP contribution >= 0.6 is 0 Å². The number of nitrogens with one attached hydrogen (secondary N) is 1. The zero-order valence-corrected chi connectivity index (χ0v) is 18.4. The molecule has 0 aliphatic carbocycles. The molecular weight excluding hydrogens is 422 g/mol. The highest BCUT2D eigenvalue weighted by molar-refractivity contribution is 7.92. The molecule has 10 heteroatoms. The predicted molar refractivity (Wildman–Crippen MR) is 120 cm³/mol. The fourth-order valence-corrected chi connectivity index (χ4v) is 3.41. The van der Waals surface area contributed by atoms with E-state index in [1.165, 1.54) is 26.5 Å². The van der Waals surface area contributed by atoms with Crippen molar-refractivity contribution in [2.24, 2.45) is 5.10 Å². The molecule has 0 atom stereocenters. The van der Waals surface area contributed by atoms with Crippen molar-refractivity contribution in [2.45, 2.75) is 0 Å².